The van der Waals surface area contributed by atoms with E-state index in [1.807, 2.05) is 6.20 Å². The molecule has 0 unspecified atom stereocenters. The zero-order valence-electron chi connectivity index (χ0n) is 9.02. The first kappa shape index (κ1) is 11.3. The van der Waals surface area contributed by atoms with Gasteiger partial charge in [0.2, 0.25) is 0 Å². The van der Waals surface area contributed by atoms with E-state index in [-0.39, 0.29) is 5.41 Å². The predicted molar refractivity (Wildman–Crippen MR) is 56.0 cm³/mol. The predicted octanol–water partition coefficient (Wildman–Crippen LogP) is 3.05. The molecule has 0 aromatic heterocycles. The van der Waals surface area contributed by atoms with Crippen LogP contribution in [0.3, 0.4) is 0 Å². The van der Waals surface area contributed by atoms with Gasteiger partial charge in [0.1, 0.15) is 0 Å². The molecule has 0 amide bonds. The monoisotopic (exact) mass is 167 g/mol. The van der Waals surface area contributed by atoms with Gasteiger partial charge in [0.15, 0.2) is 0 Å². The van der Waals surface area contributed by atoms with Crippen LogP contribution in [0, 0.1) is 5.41 Å². The molecule has 12 heavy (non-hydrogen) atoms. The molecule has 0 saturated heterocycles. The summed E-state index contributed by atoms with van der Waals surface area (Å²) in [7, 11) is 2.05. The Morgan fingerprint density at radius 3 is 2.33 bits per heavy atom. The van der Waals surface area contributed by atoms with Crippen LogP contribution in [0.1, 0.15) is 27.7 Å². The second-order valence-electron chi connectivity index (χ2n) is 3.95. The second kappa shape index (κ2) is 4.34. The molecule has 0 heterocycles. The van der Waals surface area contributed by atoms with Crippen LogP contribution < -0.4 is 0 Å². The van der Waals surface area contributed by atoms with Crippen LogP contribution in [-0.4, -0.2) is 18.5 Å². The van der Waals surface area contributed by atoms with Crippen molar-refractivity contribution in [2.45, 2.75) is 27.7 Å². The molecule has 0 saturated carbocycles. The number of nitrogens with zero attached hydrogens (tertiary/aromatic N) is 1. The van der Waals surface area contributed by atoms with E-state index in [4.69, 9.17) is 0 Å². The van der Waals surface area contributed by atoms with Crippen molar-refractivity contribution >= 4 is 0 Å². The van der Waals surface area contributed by atoms with E-state index in [1.165, 1.54) is 5.57 Å². The molecule has 0 N–H and O–H groups in total. The largest absolute Gasteiger partial charge is 0.380 e. The number of hydrogen-bond donors (Lipinski definition) is 0. The Hall–Kier alpha value is -0.720. The van der Waals surface area contributed by atoms with Gasteiger partial charge in [-0.1, -0.05) is 32.1 Å². The van der Waals surface area contributed by atoms with Crippen LogP contribution in [-0.2, 0) is 0 Å². The Balaban J connectivity index is 4.31. The van der Waals surface area contributed by atoms with Gasteiger partial charge < -0.3 is 4.90 Å². The SMILES string of the molecule is C=CN(C)CC(C)(C)/C(C)=C/C. The molecule has 0 bridgehead atoms. The lowest BCUT2D eigenvalue weighted by Gasteiger charge is -2.30. The summed E-state index contributed by atoms with van der Waals surface area (Å²) in [6, 6.07) is 0. The minimum atomic E-state index is 0.248. The molecule has 0 aromatic carbocycles. The third kappa shape index (κ3) is 3.12. The number of allylic oxidation sites excluding steroid dienone is 1. The molecule has 1 nitrogen and oxygen atoms in total. The van der Waals surface area contributed by atoms with Crippen molar-refractivity contribution in [1.29, 1.82) is 0 Å². The summed E-state index contributed by atoms with van der Waals surface area (Å²) in [5, 5.41) is 0. The van der Waals surface area contributed by atoms with E-state index in [9.17, 15) is 0 Å². The van der Waals surface area contributed by atoms with E-state index in [0.717, 1.165) is 6.54 Å². The molecule has 0 radical (unpaired) electrons. The van der Waals surface area contributed by atoms with Gasteiger partial charge in [0, 0.05) is 19.0 Å². The van der Waals surface area contributed by atoms with E-state index in [2.05, 4.69) is 52.3 Å². The summed E-state index contributed by atoms with van der Waals surface area (Å²) >= 11 is 0. The summed E-state index contributed by atoms with van der Waals surface area (Å²) < 4.78 is 0. The van der Waals surface area contributed by atoms with Gasteiger partial charge in [-0.3, -0.25) is 0 Å². The zero-order chi connectivity index (χ0) is 9.78. The van der Waals surface area contributed by atoms with Crippen molar-refractivity contribution < 1.29 is 0 Å². The van der Waals surface area contributed by atoms with Gasteiger partial charge in [-0.2, -0.15) is 0 Å². The lowest BCUT2D eigenvalue weighted by molar-refractivity contribution is 0.304. The van der Waals surface area contributed by atoms with Crippen LogP contribution in [0.25, 0.3) is 0 Å². The normalized spacial score (nSPS) is 12.9. The van der Waals surface area contributed by atoms with Crippen molar-refractivity contribution in [2.24, 2.45) is 5.41 Å². The van der Waals surface area contributed by atoms with Gasteiger partial charge in [0.05, 0.1) is 0 Å². The summed E-state index contributed by atoms with van der Waals surface area (Å²) in [6.07, 6.45) is 4.04. The Bertz CT molecular complexity index is 177. The van der Waals surface area contributed by atoms with Gasteiger partial charge in [-0.25, -0.2) is 0 Å². The van der Waals surface area contributed by atoms with Crippen LogP contribution in [0.15, 0.2) is 24.4 Å². The van der Waals surface area contributed by atoms with E-state index in [1.54, 1.807) is 0 Å². The van der Waals surface area contributed by atoms with Gasteiger partial charge >= 0.3 is 0 Å². The summed E-state index contributed by atoms with van der Waals surface area (Å²) in [5.74, 6) is 0. The third-order valence-electron chi connectivity index (χ3n) is 2.46. The molecule has 0 aromatic rings. The van der Waals surface area contributed by atoms with Gasteiger partial charge in [-0.15, -0.1) is 0 Å². The van der Waals surface area contributed by atoms with E-state index >= 15 is 0 Å². The highest BCUT2D eigenvalue weighted by Gasteiger charge is 2.20. The third-order valence-corrected chi connectivity index (χ3v) is 2.46. The van der Waals surface area contributed by atoms with Crippen molar-refractivity contribution in [3.8, 4) is 0 Å². The molecule has 70 valence electrons. The molecule has 0 aliphatic carbocycles. The fourth-order valence-electron chi connectivity index (χ4n) is 1.20. The van der Waals surface area contributed by atoms with Crippen molar-refractivity contribution in [2.75, 3.05) is 13.6 Å². The quantitative estimate of drug-likeness (QED) is 0.582. The maximum absolute atomic E-state index is 3.74. The summed E-state index contributed by atoms with van der Waals surface area (Å²) in [5.41, 5.74) is 1.67. The van der Waals surface area contributed by atoms with Crippen LogP contribution >= 0.6 is 0 Å². The van der Waals surface area contributed by atoms with Crippen molar-refractivity contribution in [3.63, 3.8) is 0 Å². The lowest BCUT2D eigenvalue weighted by Crippen LogP contribution is -2.28. The summed E-state index contributed by atoms with van der Waals surface area (Å²) in [6.45, 7) is 13.5. The van der Waals surface area contributed by atoms with Crippen molar-refractivity contribution in [1.82, 2.24) is 4.90 Å². The molecule has 0 aliphatic heterocycles. The highest BCUT2D eigenvalue weighted by atomic mass is 15.1. The molecule has 1 heteroatoms. The molecule has 0 atom stereocenters. The molecule has 0 fully saturated rings. The lowest BCUT2D eigenvalue weighted by atomic mass is 9.84. The molecule has 0 spiro atoms. The Kier molecular flexibility index (Phi) is 4.08. The maximum atomic E-state index is 3.74. The smallest absolute Gasteiger partial charge is 0.0257 e. The van der Waals surface area contributed by atoms with Crippen LogP contribution in [0.2, 0.25) is 0 Å². The average molecular weight is 167 g/mol. The first-order valence-corrected chi connectivity index (χ1v) is 4.40. The fraction of sp³-hybridized carbons (Fsp3) is 0.636. The van der Waals surface area contributed by atoms with Crippen LogP contribution in [0.4, 0.5) is 0 Å². The fourth-order valence-corrected chi connectivity index (χ4v) is 1.20. The molecule has 0 aliphatic rings. The van der Waals surface area contributed by atoms with E-state index in [0.29, 0.717) is 0 Å². The summed E-state index contributed by atoms with van der Waals surface area (Å²) in [4.78, 5) is 2.12. The first-order chi connectivity index (χ1) is 5.44. The Morgan fingerprint density at radius 1 is 1.50 bits per heavy atom. The Morgan fingerprint density at radius 2 is 2.00 bits per heavy atom. The highest BCUT2D eigenvalue weighted by Crippen LogP contribution is 2.26. The Labute approximate surface area is 76.8 Å². The second-order valence-corrected chi connectivity index (χ2v) is 3.95. The molecular weight excluding hydrogens is 146 g/mol. The standard InChI is InChI=1S/C11H21N/c1-7-10(3)11(4,5)9-12(6)8-2/h7-8H,2,9H2,1,3-6H3/b10-7+. The first-order valence-electron chi connectivity index (χ1n) is 4.40. The number of rotatable bonds is 4. The average Bonchev–Trinajstić information content (AvgIpc) is 2.02. The number of hydrogen-bond acceptors (Lipinski definition) is 1. The molecule has 0 rings (SSSR count). The maximum Gasteiger partial charge on any atom is 0.0257 e. The zero-order valence-corrected chi connectivity index (χ0v) is 9.02. The van der Waals surface area contributed by atoms with Gasteiger partial charge in [-0.05, 0) is 20.0 Å². The minimum Gasteiger partial charge on any atom is -0.380 e. The molecular formula is C11H21N. The van der Waals surface area contributed by atoms with E-state index < -0.39 is 0 Å². The van der Waals surface area contributed by atoms with Gasteiger partial charge in [0.25, 0.3) is 0 Å². The topological polar surface area (TPSA) is 3.24 Å². The van der Waals surface area contributed by atoms with Crippen LogP contribution in [0.5, 0.6) is 0 Å². The van der Waals surface area contributed by atoms with Crippen molar-refractivity contribution in [3.05, 3.63) is 24.4 Å². The minimum absolute atomic E-state index is 0.248. The highest BCUT2D eigenvalue weighted by molar-refractivity contribution is 5.08.